The maximum atomic E-state index is 13.2. The highest BCUT2D eigenvalue weighted by molar-refractivity contribution is 5.89. The second kappa shape index (κ2) is 10.5. The number of carbonyl (C=O) groups is 3. The summed E-state index contributed by atoms with van der Waals surface area (Å²) in [5, 5.41) is 0. The molecular formula is C33H38O7. The van der Waals surface area contributed by atoms with Crippen molar-refractivity contribution in [1.29, 1.82) is 0 Å². The molecule has 1 aliphatic heterocycles. The van der Waals surface area contributed by atoms with Crippen LogP contribution in [0.4, 0.5) is 0 Å². The lowest BCUT2D eigenvalue weighted by atomic mass is 9.49. The number of hydrogen-bond acceptors (Lipinski definition) is 7. The van der Waals surface area contributed by atoms with Gasteiger partial charge < -0.3 is 18.9 Å². The summed E-state index contributed by atoms with van der Waals surface area (Å²) in [5.41, 5.74) is -0.891. The third-order valence-electron chi connectivity index (χ3n) is 9.40. The van der Waals surface area contributed by atoms with Crippen LogP contribution in [0.5, 0.6) is 0 Å². The molecule has 3 fully saturated rings. The lowest BCUT2D eigenvalue weighted by molar-refractivity contribution is -0.282. The van der Waals surface area contributed by atoms with Crippen LogP contribution in [0.25, 0.3) is 6.08 Å². The Hall–Kier alpha value is -3.45. The molecule has 7 atom stereocenters. The summed E-state index contributed by atoms with van der Waals surface area (Å²) < 4.78 is 25.2. The van der Waals surface area contributed by atoms with E-state index in [1.54, 1.807) is 30.3 Å². The standard InChI is InChI=1S/C33H38O7/c1-21-18-26(38-30(36)24-14-10-7-11-15-24)29(37-22(2)34)32(5)27(19-25-20-33(21,32)40-31(25,3)4)39-28(35)17-16-23-12-8-6-9-13-23/h6-17,21,25-27,29H,18-20H2,1-5H3. The molecule has 40 heavy (non-hydrogen) atoms. The summed E-state index contributed by atoms with van der Waals surface area (Å²) in [6, 6.07) is 18.3. The van der Waals surface area contributed by atoms with E-state index in [1.165, 1.54) is 13.0 Å². The maximum absolute atomic E-state index is 13.2. The predicted octanol–water partition coefficient (Wildman–Crippen LogP) is 5.77. The van der Waals surface area contributed by atoms with E-state index in [2.05, 4.69) is 20.8 Å². The molecule has 0 amide bonds. The highest BCUT2D eigenvalue weighted by Crippen LogP contribution is 2.67. The molecule has 2 aliphatic carbocycles. The number of carbonyl (C=O) groups excluding carboxylic acids is 3. The van der Waals surface area contributed by atoms with Crippen LogP contribution < -0.4 is 0 Å². The van der Waals surface area contributed by atoms with Crippen molar-refractivity contribution in [2.45, 2.75) is 83.4 Å². The maximum Gasteiger partial charge on any atom is 0.338 e. The minimum Gasteiger partial charge on any atom is -0.458 e. The number of benzene rings is 2. The lowest BCUT2D eigenvalue weighted by Gasteiger charge is -2.61. The first-order chi connectivity index (χ1) is 19.0. The van der Waals surface area contributed by atoms with Gasteiger partial charge in [0.2, 0.25) is 0 Å². The van der Waals surface area contributed by atoms with Crippen molar-refractivity contribution >= 4 is 24.0 Å². The molecule has 2 aromatic rings. The molecule has 2 aromatic carbocycles. The molecule has 212 valence electrons. The summed E-state index contributed by atoms with van der Waals surface area (Å²) in [6.45, 7) is 9.54. The highest BCUT2D eigenvalue weighted by atomic mass is 16.6. The van der Waals surface area contributed by atoms with Gasteiger partial charge in [-0.2, -0.15) is 0 Å². The minimum atomic E-state index is -0.974. The third-order valence-corrected chi connectivity index (χ3v) is 9.40. The van der Waals surface area contributed by atoms with E-state index in [0.29, 0.717) is 18.4 Å². The summed E-state index contributed by atoms with van der Waals surface area (Å²) >= 11 is 0. The third kappa shape index (κ3) is 4.85. The van der Waals surface area contributed by atoms with Crippen LogP contribution in [0.3, 0.4) is 0 Å². The number of fused-ring (bicyclic) bond motifs is 1. The number of esters is 3. The zero-order chi connectivity index (χ0) is 28.7. The van der Waals surface area contributed by atoms with E-state index in [9.17, 15) is 14.4 Å². The SMILES string of the molecule is CC(=O)OC1C(OC(=O)c2ccccc2)CC(C)C23CC(CC(OC(=O)C=Cc4ccccc4)C12C)C(C)(C)O3. The molecule has 0 radical (unpaired) electrons. The molecular weight excluding hydrogens is 508 g/mol. The van der Waals surface area contributed by atoms with Gasteiger partial charge in [0.1, 0.15) is 12.2 Å². The number of hydrogen-bond donors (Lipinski definition) is 0. The van der Waals surface area contributed by atoms with Gasteiger partial charge in [-0.05, 0) is 75.6 Å². The molecule has 1 heterocycles. The zero-order valence-corrected chi connectivity index (χ0v) is 23.8. The van der Waals surface area contributed by atoms with Crippen molar-refractivity contribution in [3.63, 3.8) is 0 Å². The second-order valence-corrected chi connectivity index (χ2v) is 12.2. The molecule has 7 nitrogen and oxygen atoms in total. The van der Waals surface area contributed by atoms with Crippen LogP contribution in [0, 0.1) is 17.3 Å². The van der Waals surface area contributed by atoms with Crippen LogP contribution in [0.1, 0.15) is 69.8 Å². The van der Waals surface area contributed by atoms with Crippen molar-refractivity contribution in [3.8, 4) is 0 Å². The highest BCUT2D eigenvalue weighted by Gasteiger charge is 2.75. The summed E-state index contributed by atoms with van der Waals surface area (Å²) in [5.74, 6) is -1.40. The normalized spacial score (nSPS) is 34.1. The molecule has 2 bridgehead atoms. The van der Waals surface area contributed by atoms with Gasteiger partial charge in [-0.25, -0.2) is 9.59 Å². The summed E-state index contributed by atoms with van der Waals surface area (Å²) in [7, 11) is 0. The van der Waals surface area contributed by atoms with Gasteiger partial charge in [0.15, 0.2) is 6.10 Å². The van der Waals surface area contributed by atoms with Gasteiger partial charge in [-0.15, -0.1) is 0 Å². The monoisotopic (exact) mass is 546 g/mol. The molecule has 3 aliphatic rings. The van der Waals surface area contributed by atoms with E-state index < -0.39 is 52.8 Å². The average molecular weight is 547 g/mol. The van der Waals surface area contributed by atoms with Crippen LogP contribution in [-0.2, 0) is 28.5 Å². The first kappa shape index (κ1) is 28.1. The molecule has 2 saturated carbocycles. The van der Waals surface area contributed by atoms with Crippen LogP contribution >= 0.6 is 0 Å². The Bertz CT molecular complexity index is 1290. The summed E-state index contributed by atoms with van der Waals surface area (Å²) in [4.78, 5) is 38.9. The van der Waals surface area contributed by atoms with Gasteiger partial charge in [0.25, 0.3) is 0 Å². The Labute approximate surface area is 235 Å². The van der Waals surface area contributed by atoms with Gasteiger partial charge in [-0.1, -0.05) is 55.5 Å². The van der Waals surface area contributed by atoms with Crippen molar-refractivity contribution in [2.75, 3.05) is 0 Å². The second-order valence-electron chi connectivity index (χ2n) is 12.2. The minimum absolute atomic E-state index is 0.0662. The van der Waals surface area contributed by atoms with Gasteiger partial charge >= 0.3 is 17.9 Å². The fourth-order valence-corrected chi connectivity index (χ4v) is 7.33. The molecule has 7 heteroatoms. The van der Waals surface area contributed by atoms with E-state index in [0.717, 1.165) is 12.0 Å². The van der Waals surface area contributed by atoms with Gasteiger partial charge in [-0.3, -0.25) is 4.79 Å². The Kier molecular flexibility index (Phi) is 7.38. The quantitative estimate of drug-likeness (QED) is 0.258. The molecule has 1 saturated heterocycles. The van der Waals surface area contributed by atoms with Gasteiger partial charge in [0, 0.05) is 13.0 Å². The van der Waals surface area contributed by atoms with E-state index in [1.807, 2.05) is 43.3 Å². The van der Waals surface area contributed by atoms with Gasteiger partial charge in [0.05, 0.1) is 22.2 Å². The fourth-order valence-electron chi connectivity index (χ4n) is 7.33. The van der Waals surface area contributed by atoms with Crippen LogP contribution in [0.15, 0.2) is 66.7 Å². The average Bonchev–Trinajstić information content (AvgIpc) is 3.17. The molecule has 7 unspecified atom stereocenters. The molecule has 0 N–H and O–H groups in total. The first-order valence-corrected chi connectivity index (χ1v) is 14.0. The van der Waals surface area contributed by atoms with E-state index in [4.69, 9.17) is 18.9 Å². The zero-order valence-electron chi connectivity index (χ0n) is 23.8. The van der Waals surface area contributed by atoms with Crippen LogP contribution in [0.2, 0.25) is 0 Å². The fraction of sp³-hybridized carbons (Fsp3) is 0.485. The van der Waals surface area contributed by atoms with Crippen molar-refractivity contribution < 1.29 is 33.3 Å². The topological polar surface area (TPSA) is 88.1 Å². The number of rotatable bonds is 6. The molecule has 1 spiro atoms. The Morgan fingerprint density at radius 2 is 1.55 bits per heavy atom. The van der Waals surface area contributed by atoms with Crippen molar-refractivity contribution in [2.24, 2.45) is 17.3 Å². The Morgan fingerprint density at radius 1 is 0.900 bits per heavy atom. The lowest BCUT2D eigenvalue weighted by Crippen LogP contribution is -2.71. The molecule has 0 aromatic heterocycles. The number of ether oxygens (including phenoxy) is 4. The van der Waals surface area contributed by atoms with Crippen molar-refractivity contribution in [3.05, 3.63) is 77.9 Å². The smallest absolute Gasteiger partial charge is 0.338 e. The first-order valence-electron chi connectivity index (χ1n) is 14.0. The Morgan fingerprint density at radius 3 is 2.20 bits per heavy atom. The molecule has 5 rings (SSSR count). The Balaban J connectivity index is 1.52. The van der Waals surface area contributed by atoms with Crippen LogP contribution in [-0.4, -0.2) is 47.4 Å². The summed E-state index contributed by atoms with van der Waals surface area (Å²) in [6.07, 6.45) is 2.62. The predicted molar refractivity (Wildman–Crippen MR) is 149 cm³/mol. The van der Waals surface area contributed by atoms with E-state index in [-0.39, 0.29) is 11.8 Å². The largest absolute Gasteiger partial charge is 0.458 e. The van der Waals surface area contributed by atoms with E-state index >= 15 is 0 Å². The van der Waals surface area contributed by atoms with Crippen molar-refractivity contribution in [1.82, 2.24) is 0 Å².